The van der Waals surface area contributed by atoms with Crippen LogP contribution in [0.1, 0.15) is 75.6 Å². The second kappa shape index (κ2) is 17.4. The monoisotopic (exact) mass is 729 g/mol. The lowest BCUT2D eigenvalue weighted by Crippen LogP contribution is -2.54. The van der Waals surface area contributed by atoms with Gasteiger partial charge in [0.15, 0.2) is 0 Å². The van der Waals surface area contributed by atoms with E-state index in [1.165, 1.54) is 14.2 Å². The number of aromatic nitrogens is 2. The van der Waals surface area contributed by atoms with E-state index in [4.69, 9.17) is 9.47 Å². The number of benzene rings is 2. The number of nitrogens with zero attached hydrogens (tertiary/aromatic N) is 3. The minimum Gasteiger partial charge on any atom is -0.453 e. The normalized spacial score (nSPS) is 18.1. The lowest BCUT2D eigenvalue weighted by Gasteiger charge is -2.30. The highest BCUT2D eigenvalue weighted by molar-refractivity contribution is 5.95. The van der Waals surface area contributed by atoms with Crippen LogP contribution in [0.15, 0.2) is 54.7 Å². The third kappa shape index (κ3) is 9.16. The molecule has 0 saturated carbocycles. The smallest absolute Gasteiger partial charge is 0.407 e. The van der Waals surface area contributed by atoms with Crippen molar-refractivity contribution in [2.75, 3.05) is 33.9 Å². The quantitative estimate of drug-likeness (QED) is 0.204. The molecular formula is C39H51N7O7. The summed E-state index contributed by atoms with van der Waals surface area (Å²) < 4.78 is 9.44. The first kappa shape index (κ1) is 38.8. The van der Waals surface area contributed by atoms with E-state index in [1.807, 2.05) is 64.1 Å². The summed E-state index contributed by atoms with van der Waals surface area (Å²) in [4.78, 5) is 75.2. The van der Waals surface area contributed by atoms with Crippen LogP contribution in [0.5, 0.6) is 0 Å². The maximum Gasteiger partial charge on any atom is 0.407 e. The average Bonchev–Trinajstić information content (AvgIpc) is 3.96. The zero-order valence-electron chi connectivity index (χ0n) is 31.3. The fourth-order valence-corrected chi connectivity index (χ4v) is 7.03. The number of methoxy groups -OCH3 is 2. The molecule has 1 aromatic heterocycles. The van der Waals surface area contributed by atoms with Crippen LogP contribution in [0.3, 0.4) is 0 Å². The molecule has 53 heavy (non-hydrogen) atoms. The van der Waals surface area contributed by atoms with Crippen LogP contribution in [-0.4, -0.2) is 102 Å². The Morgan fingerprint density at radius 2 is 1.26 bits per heavy atom. The first-order valence-corrected chi connectivity index (χ1v) is 18.3. The number of alkyl carbamates (subject to hydrolysis) is 2. The average molecular weight is 730 g/mol. The molecule has 5 rings (SSSR count). The third-order valence-electron chi connectivity index (χ3n) is 10.1. The van der Waals surface area contributed by atoms with Gasteiger partial charge in [-0.1, -0.05) is 64.1 Å². The second-order valence-electron chi connectivity index (χ2n) is 14.3. The largest absolute Gasteiger partial charge is 0.453 e. The number of aromatic amines is 1. The summed E-state index contributed by atoms with van der Waals surface area (Å²) in [6.45, 7) is 8.97. The molecule has 4 atom stereocenters. The maximum absolute atomic E-state index is 13.5. The molecular weight excluding hydrogens is 678 g/mol. The fourth-order valence-electron chi connectivity index (χ4n) is 7.03. The summed E-state index contributed by atoms with van der Waals surface area (Å²) in [5, 5.41) is 8.31. The van der Waals surface area contributed by atoms with E-state index in [1.54, 1.807) is 28.1 Å². The van der Waals surface area contributed by atoms with Crippen molar-refractivity contribution in [1.29, 1.82) is 0 Å². The van der Waals surface area contributed by atoms with Gasteiger partial charge in [0.2, 0.25) is 11.8 Å². The first-order chi connectivity index (χ1) is 25.4. The predicted octanol–water partition coefficient (Wildman–Crippen LogP) is 4.89. The SMILES string of the molecule is COC(=O)NC(C(=O)N1CCC[C@H]1c1ncc(-c2ccc(-c3ccc(C(=O)NC[C@@H]4CCCN4C(=O)[C@@H](NC(=O)OC)C(C)C)cc3)cc2)[nH]1)C(C)C. The topological polar surface area (TPSA) is 175 Å². The number of carbonyl (C=O) groups is 5. The van der Waals surface area contributed by atoms with E-state index in [9.17, 15) is 24.0 Å². The molecule has 2 fully saturated rings. The molecule has 0 aliphatic carbocycles. The zero-order chi connectivity index (χ0) is 38.2. The second-order valence-corrected chi connectivity index (χ2v) is 14.3. The Kier molecular flexibility index (Phi) is 12.8. The Morgan fingerprint density at radius 1 is 0.755 bits per heavy atom. The molecule has 3 heterocycles. The molecule has 0 radical (unpaired) electrons. The predicted molar refractivity (Wildman–Crippen MR) is 199 cm³/mol. The summed E-state index contributed by atoms with van der Waals surface area (Å²) >= 11 is 0. The van der Waals surface area contributed by atoms with E-state index in [2.05, 4.69) is 25.9 Å². The highest BCUT2D eigenvalue weighted by Crippen LogP contribution is 2.33. The first-order valence-electron chi connectivity index (χ1n) is 18.3. The van der Waals surface area contributed by atoms with Gasteiger partial charge in [-0.2, -0.15) is 0 Å². The van der Waals surface area contributed by atoms with Gasteiger partial charge in [0.1, 0.15) is 17.9 Å². The highest BCUT2D eigenvalue weighted by atomic mass is 16.5. The van der Waals surface area contributed by atoms with Gasteiger partial charge in [0.05, 0.1) is 32.2 Å². The van der Waals surface area contributed by atoms with E-state index < -0.39 is 24.3 Å². The van der Waals surface area contributed by atoms with Gasteiger partial charge < -0.3 is 40.2 Å². The molecule has 14 heteroatoms. The Hall–Kier alpha value is -5.40. The van der Waals surface area contributed by atoms with Gasteiger partial charge in [0, 0.05) is 31.2 Å². The molecule has 14 nitrogen and oxygen atoms in total. The number of H-pyrrole nitrogens is 1. The fraction of sp³-hybridized carbons (Fsp3) is 0.487. The summed E-state index contributed by atoms with van der Waals surface area (Å²) in [6.07, 6.45) is 3.67. The van der Waals surface area contributed by atoms with E-state index >= 15 is 0 Å². The van der Waals surface area contributed by atoms with E-state index in [-0.39, 0.29) is 41.6 Å². The van der Waals surface area contributed by atoms with Crippen LogP contribution >= 0.6 is 0 Å². The highest BCUT2D eigenvalue weighted by Gasteiger charge is 2.38. The minimum absolute atomic E-state index is 0.114. The van der Waals surface area contributed by atoms with Crippen molar-refractivity contribution in [2.24, 2.45) is 11.8 Å². The lowest BCUT2D eigenvalue weighted by atomic mass is 10.0. The molecule has 0 bridgehead atoms. The van der Waals surface area contributed by atoms with Gasteiger partial charge in [-0.3, -0.25) is 14.4 Å². The molecule has 4 N–H and O–H groups in total. The number of amides is 5. The van der Waals surface area contributed by atoms with Gasteiger partial charge >= 0.3 is 12.2 Å². The Labute approximate surface area is 310 Å². The number of ether oxygens (including phenoxy) is 2. The van der Waals surface area contributed by atoms with E-state index in [0.717, 1.165) is 48.1 Å². The molecule has 3 aromatic rings. The van der Waals surface area contributed by atoms with Gasteiger partial charge in [-0.25, -0.2) is 14.6 Å². The lowest BCUT2D eigenvalue weighted by molar-refractivity contribution is -0.136. The number of hydrogen-bond donors (Lipinski definition) is 4. The summed E-state index contributed by atoms with van der Waals surface area (Å²) in [7, 11) is 2.54. The van der Waals surface area contributed by atoms with Crippen molar-refractivity contribution in [3.05, 3.63) is 66.1 Å². The maximum atomic E-state index is 13.5. The van der Waals surface area contributed by atoms with Gasteiger partial charge in [-0.05, 0) is 66.3 Å². The van der Waals surface area contributed by atoms with Crippen molar-refractivity contribution < 1.29 is 33.4 Å². The van der Waals surface area contributed by atoms with Crippen molar-refractivity contribution in [2.45, 2.75) is 77.5 Å². The molecule has 284 valence electrons. The molecule has 2 aliphatic rings. The number of carbonyl (C=O) groups excluding carboxylic acids is 5. The number of hydrogen-bond acceptors (Lipinski definition) is 8. The molecule has 5 amide bonds. The summed E-state index contributed by atoms with van der Waals surface area (Å²) in [5.41, 5.74) is 4.20. The molecule has 2 aliphatic heterocycles. The van der Waals surface area contributed by atoms with Crippen molar-refractivity contribution in [3.8, 4) is 22.4 Å². The molecule has 2 saturated heterocycles. The number of rotatable bonds is 12. The van der Waals surface area contributed by atoms with Gasteiger partial charge in [-0.15, -0.1) is 0 Å². The zero-order valence-corrected chi connectivity index (χ0v) is 31.3. The Balaban J connectivity index is 1.18. The molecule has 1 unspecified atom stereocenters. The Morgan fingerprint density at radius 3 is 1.83 bits per heavy atom. The summed E-state index contributed by atoms with van der Waals surface area (Å²) in [5.74, 6) is -0.0964. The van der Waals surface area contributed by atoms with Crippen LogP contribution in [0, 0.1) is 11.8 Å². The molecule has 2 aromatic carbocycles. The van der Waals surface area contributed by atoms with Crippen molar-refractivity contribution in [1.82, 2.24) is 35.7 Å². The van der Waals surface area contributed by atoms with Crippen molar-refractivity contribution in [3.63, 3.8) is 0 Å². The van der Waals surface area contributed by atoms with Crippen molar-refractivity contribution >= 4 is 29.9 Å². The minimum atomic E-state index is -0.709. The van der Waals surface area contributed by atoms with Crippen LogP contribution in [0.25, 0.3) is 22.4 Å². The Bertz CT molecular complexity index is 1760. The van der Waals surface area contributed by atoms with Crippen LogP contribution in [0.4, 0.5) is 9.59 Å². The number of imidazole rings is 1. The van der Waals surface area contributed by atoms with Crippen LogP contribution < -0.4 is 16.0 Å². The van der Waals surface area contributed by atoms with Crippen LogP contribution in [0.2, 0.25) is 0 Å². The third-order valence-corrected chi connectivity index (χ3v) is 10.1. The number of likely N-dealkylation sites (tertiary alicyclic amines) is 2. The van der Waals surface area contributed by atoms with Gasteiger partial charge in [0.25, 0.3) is 5.91 Å². The standard InChI is InChI=1S/C39H51N7O7/c1-23(2)32(43-38(50)52-5)36(48)45-19-7-9-29(45)21-41-35(47)28-17-13-26(14-18-28)25-11-15-27(16-12-25)30-22-40-34(42-30)31-10-8-20-46(31)37(49)33(24(3)4)44-39(51)53-6/h11-18,22-24,29,31-33H,7-10,19-21H2,1-6H3,(H,40,42)(H,41,47)(H,43,50)(H,44,51)/t29-,31-,32-,33?/m0/s1. The number of nitrogens with one attached hydrogen (secondary N) is 4. The van der Waals surface area contributed by atoms with E-state index in [0.29, 0.717) is 31.0 Å². The van der Waals surface area contributed by atoms with Crippen LogP contribution in [-0.2, 0) is 19.1 Å². The molecule has 0 spiro atoms. The summed E-state index contributed by atoms with van der Waals surface area (Å²) in [6, 6.07) is 13.6.